The van der Waals surface area contributed by atoms with E-state index in [4.69, 9.17) is 5.26 Å². The Morgan fingerprint density at radius 1 is 1.54 bits per heavy atom. The summed E-state index contributed by atoms with van der Waals surface area (Å²) < 4.78 is 1.05. The van der Waals surface area contributed by atoms with Crippen LogP contribution in [0.2, 0.25) is 0 Å². The normalized spacial score (nSPS) is 9.85. The van der Waals surface area contributed by atoms with Crippen LogP contribution in [-0.2, 0) is 6.42 Å². The lowest BCUT2D eigenvalue weighted by atomic mass is 10.1. The molecule has 0 spiro atoms. The summed E-state index contributed by atoms with van der Waals surface area (Å²) in [5.74, 6) is 0. The topological polar surface area (TPSA) is 49.0 Å². The van der Waals surface area contributed by atoms with Crippen molar-refractivity contribution in [1.82, 2.24) is 4.73 Å². The van der Waals surface area contributed by atoms with Crippen LogP contribution in [0.25, 0.3) is 0 Å². The molecule has 0 aromatic carbocycles. The lowest BCUT2D eigenvalue weighted by Gasteiger charge is -2.01. The van der Waals surface area contributed by atoms with Crippen molar-refractivity contribution in [2.45, 2.75) is 32.6 Å². The molecule has 0 saturated carbocycles. The minimum atomic E-state index is 0.582. The fourth-order valence-corrected chi connectivity index (χ4v) is 1.35. The largest absolute Gasteiger partial charge is 0.429 e. The molecular formula is C10H14N2O. The first-order valence-corrected chi connectivity index (χ1v) is 4.59. The molecule has 0 fully saturated rings. The fourth-order valence-electron chi connectivity index (χ4n) is 1.35. The maximum absolute atomic E-state index is 9.33. The quantitative estimate of drug-likeness (QED) is 0.568. The second-order valence-electron chi connectivity index (χ2n) is 3.09. The Labute approximate surface area is 78.2 Å². The molecule has 1 aromatic rings. The number of aromatic nitrogens is 1. The van der Waals surface area contributed by atoms with Gasteiger partial charge < -0.3 is 5.21 Å². The molecule has 3 nitrogen and oxygen atoms in total. The molecule has 0 aliphatic rings. The first-order valence-electron chi connectivity index (χ1n) is 4.59. The Morgan fingerprint density at radius 2 is 2.31 bits per heavy atom. The smallest absolute Gasteiger partial charge is 0.101 e. The molecule has 0 atom stereocenters. The molecule has 0 radical (unpaired) electrons. The number of nitriles is 1. The van der Waals surface area contributed by atoms with Crippen molar-refractivity contribution in [3.8, 4) is 6.07 Å². The van der Waals surface area contributed by atoms with E-state index in [0.29, 0.717) is 5.56 Å². The minimum absolute atomic E-state index is 0.582. The van der Waals surface area contributed by atoms with E-state index in [2.05, 4.69) is 13.0 Å². The van der Waals surface area contributed by atoms with Crippen molar-refractivity contribution in [3.63, 3.8) is 0 Å². The maximum Gasteiger partial charge on any atom is 0.101 e. The molecule has 0 amide bonds. The van der Waals surface area contributed by atoms with Crippen molar-refractivity contribution >= 4 is 0 Å². The van der Waals surface area contributed by atoms with Crippen LogP contribution in [0.5, 0.6) is 0 Å². The van der Waals surface area contributed by atoms with Crippen molar-refractivity contribution in [1.29, 1.82) is 5.26 Å². The standard InChI is InChI=1S/C10H14N2O/c1-2-3-4-5-10-9(8-11)6-7-12(10)13/h6-7,13H,2-5H2,1H3. The highest BCUT2D eigenvalue weighted by molar-refractivity contribution is 5.33. The Kier molecular flexibility index (Phi) is 3.39. The zero-order valence-corrected chi connectivity index (χ0v) is 7.82. The van der Waals surface area contributed by atoms with Crippen LogP contribution in [0.4, 0.5) is 0 Å². The van der Waals surface area contributed by atoms with Crippen LogP contribution in [0.3, 0.4) is 0 Å². The van der Waals surface area contributed by atoms with Gasteiger partial charge in [-0.2, -0.15) is 9.99 Å². The van der Waals surface area contributed by atoms with Crippen molar-refractivity contribution in [2.75, 3.05) is 0 Å². The zero-order valence-electron chi connectivity index (χ0n) is 7.82. The van der Waals surface area contributed by atoms with Gasteiger partial charge in [0.25, 0.3) is 0 Å². The lowest BCUT2D eigenvalue weighted by molar-refractivity contribution is 0.177. The summed E-state index contributed by atoms with van der Waals surface area (Å²) in [5, 5.41) is 18.0. The van der Waals surface area contributed by atoms with Crippen LogP contribution in [0, 0.1) is 11.3 Å². The zero-order chi connectivity index (χ0) is 9.68. The van der Waals surface area contributed by atoms with Gasteiger partial charge in [0.2, 0.25) is 0 Å². The van der Waals surface area contributed by atoms with E-state index >= 15 is 0 Å². The van der Waals surface area contributed by atoms with E-state index in [1.54, 1.807) is 6.07 Å². The van der Waals surface area contributed by atoms with Crippen LogP contribution in [0.15, 0.2) is 12.3 Å². The molecule has 1 N–H and O–H groups in total. The summed E-state index contributed by atoms with van der Waals surface area (Å²) >= 11 is 0. The molecule has 70 valence electrons. The lowest BCUT2D eigenvalue weighted by Crippen LogP contribution is -1.98. The van der Waals surface area contributed by atoms with E-state index in [-0.39, 0.29) is 0 Å². The molecule has 0 bridgehead atoms. The number of hydrogen-bond acceptors (Lipinski definition) is 2. The molecule has 3 heteroatoms. The van der Waals surface area contributed by atoms with E-state index in [1.807, 2.05) is 0 Å². The summed E-state index contributed by atoms with van der Waals surface area (Å²) in [6, 6.07) is 3.70. The van der Waals surface area contributed by atoms with Gasteiger partial charge in [-0.15, -0.1) is 0 Å². The summed E-state index contributed by atoms with van der Waals surface area (Å²) in [6.07, 6.45) is 5.60. The molecule has 13 heavy (non-hydrogen) atoms. The number of unbranched alkanes of at least 4 members (excludes halogenated alkanes) is 2. The van der Waals surface area contributed by atoms with Gasteiger partial charge in [0.05, 0.1) is 11.3 Å². The van der Waals surface area contributed by atoms with Crippen molar-refractivity contribution < 1.29 is 5.21 Å². The highest BCUT2D eigenvalue weighted by Gasteiger charge is 2.06. The molecule has 0 aliphatic carbocycles. The second kappa shape index (κ2) is 4.56. The number of hydrogen-bond donors (Lipinski definition) is 1. The van der Waals surface area contributed by atoms with Gasteiger partial charge in [0, 0.05) is 6.20 Å². The van der Waals surface area contributed by atoms with Crippen molar-refractivity contribution in [3.05, 3.63) is 23.5 Å². The third-order valence-electron chi connectivity index (χ3n) is 2.11. The van der Waals surface area contributed by atoms with E-state index < -0.39 is 0 Å². The van der Waals surface area contributed by atoms with Gasteiger partial charge in [-0.3, -0.25) is 0 Å². The molecule has 0 saturated heterocycles. The van der Waals surface area contributed by atoms with Crippen LogP contribution >= 0.6 is 0 Å². The summed E-state index contributed by atoms with van der Waals surface area (Å²) in [5.41, 5.74) is 1.31. The van der Waals surface area contributed by atoms with Gasteiger partial charge in [-0.25, -0.2) is 0 Å². The Morgan fingerprint density at radius 3 is 2.92 bits per heavy atom. The highest BCUT2D eigenvalue weighted by Crippen LogP contribution is 2.12. The average molecular weight is 178 g/mol. The van der Waals surface area contributed by atoms with Crippen LogP contribution in [0.1, 0.15) is 37.4 Å². The number of rotatable bonds is 4. The SMILES string of the molecule is CCCCCc1c(C#N)ccn1O. The minimum Gasteiger partial charge on any atom is -0.429 e. The first kappa shape index (κ1) is 9.66. The molecule has 1 rings (SSSR count). The van der Waals surface area contributed by atoms with Gasteiger partial charge in [-0.05, 0) is 18.9 Å². The van der Waals surface area contributed by atoms with Crippen LogP contribution in [-0.4, -0.2) is 9.94 Å². The summed E-state index contributed by atoms with van der Waals surface area (Å²) in [7, 11) is 0. The number of nitrogens with zero attached hydrogens (tertiary/aromatic N) is 2. The molecule has 1 heterocycles. The van der Waals surface area contributed by atoms with Gasteiger partial charge in [-0.1, -0.05) is 19.8 Å². The first-order chi connectivity index (χ1) is 6.29. The second-order valence-corrected chi connectivity index (χ2v) is 3.09. The van der Waals surface area contributed by atoms with E-state index in [0.717, 1.165) is 36.1 Å². The molecule has 0 unspecified atom stereocenters. The molecule has 0 aliphatic heterocycles. The molecule has 1 aromatic heterocycles. The summed E-state index contributed by atoms with van der Waals surface area (Å²) in [6.45, 7) is 2.13. The predicted molar refractivity (Wildman–Crippen MR) is 49.6 cm³/mol. The van der Waals surface area contributed by atoms with Gasteiger partial charge in [0.15, 0.2) is 0 Å². The maximum atomic E-state index is 9.33. The van der Waals surface area contributed by atoms with Gasteiger partial charge >= 0.3 is 0 Å². The van der Waals surface area contributed by atoms with Gasteiger partial charge in [0.1, 0.15) is 6.07 Å². The van der Waals surface area contributed by atoms with E-state index in [1.165, 1.54) is 6.20 Å². The third kappa shape index (κ3) is 2.25. The highest BCUT2D eigenvalue weighted by atomic mass is 16.5. The third-order valence-corrected chi connectivity index (χ3v) is 2.11. The van der Waals surface area contributed by atoms with E-state index in [9.17, 15) is 5.21 Å². The molecular weight excluding hydrogens is 164 g/mol. The van der Waals surface area contributed by atoms with Crippen LogP contribution < -0.4 is 0 Å². The predicted octanol–water partition coefficient (Wildman–Crippen LogP) is 2.33. The fraction of sp³-hybridized carbons (Fsp3) is 0.500. The van der Waals surface area contributed by atoms with Crippen molar-refractivity contribution in [2.24, 2.45) is 0 Å². The monoisotopic (exact) mass is 178 g/mol. The Balaban J connectivity index is 2.64. The Hall–Kier alpha value is -1.43. The Bertz CT molecular complexity index is 309. The average Bonchev–Trinajstić information content (AvgIpc) is 2.48. The summed E-state index contributed by atoms with van der Waals surface area (Å²) in [4.78, 5) is 0.